The molecular formula is C24H26N4O3. The molecule has 7 heteroatoms. The van der Waals surface area contributed by atoms with E-state index in [9.17, 15) is 9.59 Å². The molecule has 6 N–H and O–H groups in total. The highest BCUT2D eigenvalue weighted by Gasteiger charge is 2.18. The number of hydrogen-bond acceptors (Lipinski definition) is 4. The number of nitrogens with two attached hydrogens (primary N) is 2. The first-order chi connectivity index (χ1) is 15.0. The average molecular weight is 418 g/mol. The third-order valence-corrected chi connectivity index (χ3v) is 4.69. The van der Waals surface area contributed by atoms with Gasteiger partial charge in [0.25, 0.3) is 0 Å². The van der Waals surface area contributed by atoms with Crippen molar-refractivity contribution in [2.75, 3.05) is 5.73 Å². The zero-order valence-electron chi connectivity index (χ0n) is 17.1. The molecule has 0 saturated heterocycles. The maximum atomic E-state index is 12.2. The number of para-hydroxylation sites is 1. The van der Waals surface area contributed by atoms with Gasteiger partial charge >= 0.3 is 6.03 Å². The Morgan fingerprint density at radius 2 is 1.45 bits per heavy atom. The summed E-state index contributed by atoms with van der Waals surface area (Å²) in [4.78, 5) is 24.0. The van der Waals surface area contributed by atoms with Gasteiger partial charge in [-0.3, -0.25) is 4.79 Å². The highest BCUT2D eigenvalue weighted by atomic mass is 16.5. The zero-order chi connectivity index (χ0) is 22.1. The van der Waals surface area contributed by atoms with Crippen LogP contribution in [0.15, 0.2) is 78.9 Å². The number of carbonyl (C=O) groups excluding carboxylic acids is 2. The highest BCUT2D eigenvalue weighted by Crippen LogP contribution is 2.13. The van der Waals surface area contributed by atoms with Gasteiger partial charge < -0.3 is 26.8 Å². The molecule has 3 amide bonds. The molecule has 0 saturated carbocycles. The molecule has 0 bridgehead atoms. The Hall–Kier alpha value is -4.00. The van der Waals surface area contributed by atoms with Crippen molar-refractivity contribution < 1.29 is 14.3 Å². The molecule has 3 aromatic carbocycles. The molecule has 0 aliphatic heterocycles. The summed E-state index contributed by atoms with van der Waals surface area (Å²) in [5, 5.41) is 5.35. The van der Waals surface area contributed by atoms with Crippen molar-refractivity contribution in [3.8, 4) is 5.75 Å². The summed E-state index contributed by atoms with van der Waals surface area (Å²) in [7, 11) is 0. The fraction of sp³-hybridized carbons (Fsp3) is 0.167. The molecular weight excluding hydrogens is 392 g/mol. The number of primary amides is 1. The predicted octanol–water partition coefficient (Wildman–Crippen LogP) is 2.74. The first kappa shape index (κ1) is 21.7. The molecule has 0 radical (unpaired) electrons. The van der Waals surface area contributed by atoms with Crippen molar-refractivity contribution in [2.45, 2.75) is 25.6 Å². The lowest BCUT2D eigenvalue weighted by Gasteiger charge is -2.16. The smallest absolute Gasteiger partial charge is 0.315 e. The molecule has 0 aliphatic rings. The third kappa shape index (κ3) is 7.08. The largest absolute Gasteiger partial charge is 0.489 e. The first-order valence-corrected chi connectivity index (χ1v) is 9.93. The predicted molar refractivity (Wildman–Crippen MR) is 120 cm³/mol. The van der Waals surface area contributed by atoms with E-state index in [1.807, 2.05) is 66.7 Å². The number of nitrogens with one attached hydrogen (secondary N) is 2. The maximum absolute atomic E-state index is 12.2. The van der Waals surface area contributed by atoms with Crippen molar-refractivity contribution in [1.82, 2.24) is 10.6 Å². The fourth-order valence-corrected chi connectivity index (χ4v) is 2.94. The van der Waals surface area contributed by atoms with Crippen LogP contribution in [0.4, 0.5) is 10.5 Å². The second-order valence-corrected chi connectivity index (χ2v) is 7.15. The van der Waals surface area contributed by atoms with E-state index in [4.69, 9.17) is 16.2 Å². The van der Waals surface area contributed by atoms with Crippen LogP contribution >= 0.6 is 0 Å². The van der Waals surface area contributed by atoms with E-state index in [0.29, 0.717) is 25.3 Å². The lowest BCUT2D eigenvalue weighted by atomic mass is 10.0. The van der Waals surface area contributed by atoms with Gasteiger partial charge in [0, 0.05) is 18.7 Å². The first-order valence-electron chi connectivity index (χ1n) is 9.93. The summed E-state index contributed by atoms with van der Waals surface area (Å²) in [6.07, 6.45) is 0.296. The van der Waals surface area contributed by atoms with Gasteiger partial charge in [-0.2, -0.15) is 0 Å². The SMILES string of the molecule is NC(=O)C(Cc1ccc(COc2ccccc2)cc1)NC(=O)NCc1ccc(N)cc1. The number of urea groups is 1. The number of amides is 3. The number of ether oxygens (including phenoxy) is 1. The molecule has 0 aromatic heterocycles. The standard InChI is InChI=1S/C24H26N4O3/c25-20-12-10-18(11-13-20)15-27-24(30)28-22(23(26)29)14-17-6-8-19(9-7-17)16-31-21-4-2-1-3-5-21/h1-13,22H,14-16,25H2,(H2,26,29)(H2,27,28,30). The van der Waals surface area contributed by atoms with Gasteiger partial charge in [0.15, 0.2) is 0 Å². The van der Waals surface area contributed by atoms with Gasteiger partial charge in [-0.15, -0.1) is 0 Å². The lowest BCUT2D eigenvalue weighted by Crippen LogP contribution is -2.49. The number of anilines is 1. The van der Waals surface area contributed by atoms with E-state index >= 15 is 0 Å². The van der Waals surface area contributed by atoms with Gasteiger partial charge in [0.05, 0.1) is 0 Å². The van der Waals surface area contributed by atoms with Gasteiger partial charge in [0.2, 0.25) is 5.91 Å². The number of rotatable bonds is 9. The minimum Gasteiger partial charge on any atom is -0.489 e. The van der Waals surface area contributed by atoms with Gasteiger partial charge in [-0.25, -0.2) is 4.79 Å². The minimum atomic E-state index is -0.821. The Bertz CT molecular complexity index is 990. The maximum Gasteiger partial charge on any atom is 0.315 e. The van der Waals surface area contributed by atoms with Crippen LogP contribution in [0.1, 0.15) is 16.7 Å². The van der Waals surface area contributed by atoms with Gasteiger partial charge in [-0.1, -0.05) is 54.6 Å². The van der Waals surface area contributed by atoms with Crippen LogP contribution in [-0.4, -0.2) is 18.0 Å². The van der Waals surface area contributed by atoms with E-state index in [1.165, 1.54) is 0 Å². The van der Waals surface area contributed by atoms with Crippen LogP contribution < -0.4 is 26.8 Å². The van der Waals surface area contributed by atoms with Gasteiger partial charge in [-0.05, 0) is 41.0 Å². The van der Waals surface area contributed by atoms with Crippen LogP contribution in [0, 0.1) is 0 Å². The van der Waals surface area contributed by atoms with Crippen molar-refractivity contribution in [3.05, 3.63) is 95.6 Å². The molecule has 3 aromatic rings. The van der Waals surface area contributed by atoms with Crippen molar-refractivity contribution in [1.29, 1.82) is 0 Å². The molecule has 0 fully saturated rings. The Labute approximate surface area is 181 Å². The molecule has 0 aliphatic carbocycles. The molecule has 0 spiro atoms. The van der Waals surface area contributed by atoms with E-state index < -0.39 is 18.0 Å². The molecule has 1 unspecified atom stereocenters. The van der Waals surface area contributed by atoms with Crippen LogP contribution in [-0.2, 0) is 24.4 Å². The van der Waals surface area contributed by atoms with Gasteiger partial charge in [0.1, 0.15) is 18.4 Å². The molecule has 31 heavy (non-hydrogen) atoms. The normalized spacial score (nSPS) is 11.4. The van der Waals surface area contributed by atoms with E-state index in [-0.39, 0.29) is 0 Å². The monoisotopic (exact) mass is 418 g/mol. The molecule has 3 rings (SSSR count). The minimum absolute atomic E-state index is 0.296. The lowest BCUT2D eigenvalue weighted by molar-refractivity contribution is -0.119. The third-order valence-electron chi connectivity index (χ3n) is 4.69. The Morgan fingerprint density at radius 3 is 2.10 bits per heavy atom. The summed E-state index contributed by atoms with van der Waals surface area (Å²) in [6.45, 7) is 0.753. The summed E-state index contributed by atoms with van der Waals surface area (Å²) < 4.78 is 5.73. The quantitative estimate of drug-likeness (QED) is 0.399. The second kappa shape index (κ2) is 10.7. The fourth-order valence-electron chi connectivity index (χ4n) is 2.94. The zero-order valence-corrected chi connectivity index (χ0v) is 17.1. The van der Waals surface area contributed by atoms with E-state index in [2.05, 4.69) is 10.6 Å². The number of benzene rings is 3. The van der Waals surface area contributed by atoms with Crippen LogP contribution in [0.2, 0.25) is 0 Å². The molecule has 160 valence electrons. The van der Waals surface area contributed by atoms with E-state index in [0.717, 1.165) is 22.4 Å². The topological polar surface area (TPSA) is 119 Å². The average Bonchev–Trinajstić information content (AvgIpc) is 2.78. The molecule has 0 heterocycles. The summed E-state index contributed by atoms with van der Waals surface area (Å²) >= 11 is 0. The summed E-state index contributed by atoms with van der Waals surface area (Å²) in [6, 6.07) is 23.1. The van der Waals surface area contributed by atoms with Crippen molar-refractivity contribution in [2.24, 2.45) is 5.73 Å². The number of hydrogen-bond donors (Lipinski definition) is 4. The van der Waals surface area contributed by atoms with Crippen molar-refractivity contribution in [3.63, 3.8) is 0 Å². The highest BCUT2D eigenvalue weighted by molar-refractivity contribution is 5.86. The Morgan fingerprint density at radius 1 is 0.839 bits per heavy atom. The Kier molecular flexibility index (Phi) is 7.48. The van der Waals surface area contributed by atoms with Crippen LogP contribution in [0.5, 0.6) is 5.75 Å². The Balaban J connectivity index is 1.50. The number of nitrogen functional groups attached to an aromatic ring is 1. The van der Waals surface area contributed by atoms with E-state index in [1.54, 1.807) is 12.1 Å². The van der Waals surface area contributed by atoms with Crippen LogP contribution in [0.25, 0.3) is 0 Å². The number of carbonyl (C=O) groups is 2. The molecule has 1 atom stereocenters. The second-order valence-electron chi connectivity index (χ2n) is 7.15. The summed E-state index contributed by atoms with van der Waals surface area (Å²) in [5.41, 5.74) is 14.6. The van der Waals surface area contributed by atoms with Crippen LogP contribution in [0.3, 0.4) is 0 Å². The molecule has 7 nitrogen and oxygen atoms in total. The summed E-state index contributed by atoms with van der Waals surface area (Å²) in [5.74, 6) is 0.202. The van der Waals surface area contributed by atoms with Crippen molar-refractivity contribution >= 4 is 17.6 Å².